The van der Waals surface area contributed by atoms with E-state index in [1.54, 1.807) is 27.7 Å². The van der Waals surface area contributed by atoms with Gasteiger partial charge in [0.15, 0.2) is 0 Å². The van der Waals surface area contributed by atoms with E-state index in [1.165, 1.54) is 6.92 Å². The molecule has 0 aliphatic heterocycles. The number of carbonyl (C=O) groups is 3. The quantitative estimate of drug-likeness (QED) is 0.765. The summed E-state index contributed by atoms with van der Waals surface area (Å²) in [6.07, 6.45) is -0.613. The number of Topliss-reactive ketones (excluding diaryl/α,β-unsaturated/α-hetero) is 1. The molecule has 2 unspecified atom stereocenters. The molecule has 1 N–H and O–H groups in total. The second-order valence-corrected chi connectivity index (χ2v) is 6.76. The second-order valence-electron chi connectivity index (χ2n) is 6.76. The number of ether oxygens (including phenoxy) is 2. The first-order chi connectivity index (χ1) is 11.6. The van der Waals surface area contributed by atoms with Gasteiger partial charge in [-0.2, -0.15) is 0 Å². The number of alkyl carbamates (subject to hydrolysis) is 1. The van der Waals surface area contributed by atoms with Crippen molar-refractivity contribution in [1.29, 1.82) is 0 Å². The van der Waals surface area contributed by atoms with Crippen LogP contribution in [0, 0.1) is 0 Å². The first kappa shape index (κ1) is 20.7. The fraction of sp³-hybridized carbons (Fsp3) is 0.526. The summed E-state index contributed by atoms with van der Waals surface area (Å²) < 4.78 is 10.2. The van der Waals surface area contributed by atoms with Crippen LogP contribution in [0.25, 0.3) is 0 Å². The molecule has 0 radical (unpaired) electrons. The average molecular weight is 349 g/mol. The topological polar surface area (TPSA) is 81.7 Å². The molecule has 0 spiro atoms. The zero-order valence-corrected chi connectivity index (χ0v) is 15.5. The van der Waals surface area contributed by atoms with Crippen molar-refractivity contribution in [1.82, 2.24) is 5.32 Å². The number of hydrogen-bond donors (Lipinski definition) is 1. The van der Waals surface area contributed by atoms with Crippen molar-refractivity contribution < 1.29 is 23.9 Å². The van der Waals surface area contributed by atoms with Gasteiger partial charge in [0.2, 0.25) is 0 Å². The van der Waals surface area contributed by atoms with Crippen molar-refractivity contribution >= 4 is 17.8 Å². The molecule has 1 aromatic rings. The standard InChI is InChI=1S/C19H27NO5/c1-6-24-17(22)16(20-18(23)25-19(3,4)5)12-15(13(2)21)14-10-8-7-9-11-14/h7-11,15-16H,6,12H2,1-5H3,(H,20,23). The van der Waals surface area contributed by atoms with Crippen molar-refractivity contribution in [3.8, 4) is 0 Å². The summed E-state index contributed by atoms with van der Waals surface area (Å²) in [6, 6.07) is 8.17. The number of nitrogens with one attached hydrogen (secondary N) is 1. The first-order valence-electron chi connectivity index (χ1n) is 8.35. The van der Waals surface area contributed by atoms with Crippen molar-refractivity contribution in [3.05, 3.63) is 35.9 Å². The summed E-state index contributed by atoms with van der Waals surface area (Å²) in [6.45, 7) is 8.52. The van der Waals surface area contributed by atoms with Crippen LogP contribution in [0.3, 0.4) is 0 Å². The molecule has 1 amide bonds. The third-order valence-corrected chi connectivity index (χ3v) is 3.43. The van der Waals surface area contributed by atoms with Crippen LogP contribution in [0.15, 0.2) is 30.3 Å². The Kier molecular flexibility index (Phi) is 7.61. The SMILES string of the molecule is CCOC(=O)C(CC(C(C)=O)c1ccccc1)NC(=O)OC(C)(C)C. The lowest BCUT2D eigenvalue weighted by molar-refractivity contribution is -0.146. The summed E-state index contributed by atoms with van der Waals surface area (Å²) in [7, 11) is 0. The van der Waals surface area contributed by atoms with Gasteiger partial charge in [0, 0.05) is 5.92 Å². The highest BCUT2D eigenvalue weighted by Crippen LogP contribution is 2.23. The molecule has 6 nitrogen and oxygen atoms in total. The van der Waals surface area contributed by atoms with Crippen LogP contribution in [0.2, 0.25) is 0 Å². The minimum absolute atomic E-state index is 0.0912. The molecular formula is C19H27NO5. The average Bonchev–Trinajstić information content (AvgIpc) is 2.50. The lowest BCUT2D eigenvalue weighted by Gasteiger charge is -2.25. The minimum Gasteiger partial charge on any atom is -0.464 e. The number of esters is 1. The molecule has 0 saturated carbocycles. The van der Waals surface area contributed by atoms with Crippen LogP contribution in [-0.4, -0.2) is 36.1 Å². The number of carbonyl (C=O) groups excluding carboxylic acids is 3. The summed E-state index contributed by atoms with van der Waals surface area (Å²) in [5.41, 5.74) is 0.0955. The molecule has 2 atom stereocenters. The normalized spacial score (nSPS) is 13.5. The maximum atomic E-state index is 12.2. The van der Waals surface area contributed by atoms with E-state index in [2.05, 4.69) is 5.32 Å². The van der Waals surface area contributed by atoms with E-state index in [1.807, 2.05) is 30.3 Å². The van der Waals surface area contributed by atoms with Crippen LogP contribution >= 0.6 is 0 Å². The zero-order valence-electron chi connectivity index (χ0n) is 15.5. The van der Waals surface area contributed by atoms with E-state index in [-0.39, 0.29) is 18.8 Å². The van der Waals surface area contributed by atoms with Crippen molar-refractivity contribution in [2.45, 2.75) is 58.6 Å². The predicted octanol–water partition coefficient (Wildman–Crippen LogP) is 3.21. The third kappa shape index (κ3) is 7.37. The second kappa shape index (κ2) is 9.20. The van der Waals surface area contributed by atoms with E-state index >= 15 is 0 Å². The molecule has 0 aromatic heterocycles. The van der Waals surface area contributed by atoms with Gasteiger partial charge in [-0.1, -0.05) is 30.3 Å². The summed E-state index contributed by atoms with van der Waals surface area (Å²) in [5.74, 6) is -1.20. The van der Waals surface area contributed by atoms with E-state index in [4.69, 9.17) is 9.47 Å². The molecule has 1 aromatic carbocycles. The summed E-state index contributed by atoms with van der Waals surface area (Å²) >= 11 is 0. The Labute approximate surface area is 148 Å². The molecule has 0 aliphatic carbocycles. The maximum Gasteiger partial charge on any atom is 0.408 e. The van der Waals surface area contributed by atoms with Gasteiger partial charge in [0.05, 0.1) is 6.61 Å². The molecular weight excluding hydrogens is 322 g/mol. The van der Waals surface area contributed by atoms with Crippen molar-refractivity contribution in [2.75, 3.05) is 6.61 Å². The molecule has 0 bridgehead atoms. The number of benzene rings is 1. The van der Waals surface area contributed by atoms with Crippen LogP contribution in [0.4, 0.5) is 4.79 Å². The maximum absolute atomic E-state index is 12.2. The number of ketones is 1. The van der Waals surface area contributed by atoms with Gasteiger partial charge in [-0.15, -0.1) is 0 Å². The fourth-order valence-corrected chi connectivity index (χ4v) is 2.36. The number of amides is 1. The number of hydrogen-bond acceptors (Lipinski definition) is 5. The predicted molar refractivity (Wildman–Crippen MR) is 94.3 cm³/mol. The molecule has 0 aliphatic rings. The van der Waals surface area contributed by atoms with Gasteiger partial charge in [0.1, 0.15) is 17.4 Å². The molecule has 25 heavy (non-hydrogen) atoms. The van der Waals surface area contributed by atoms with E-state index in [0.717, 1.165) is 5.56 Å². The van der Waals surface area contributed by atoms with Crippen LogP contribution in [0.1, 0.15) is 52.5 Å². The molecule has 138 valence electrons. The fourth-order valence-electron chi connectivity index (χ4n) is 2.36. The van der Waals surface area contributed by atoms with Gasteiger partial charge < -0.3 is 14.8 Å². The zero-order chi connectivity index (χ0) is 19.0. The van der Waals surface area contributed by atoms with E-state index in [9.17, 15) is 14.4 Å². The van der Waals surface area contributed by atoms with Crippen LogP contribution < -0.4 is 5.32 Å². The highest BCUT2D eigenvalue weighted by molar-refractivity contribution is 5.86. The lowest BCUT2D eigenvalue weighted by atomic mass is 9.89. The third-order valence-electron chi connectivity index (χ3n) is 3.43. The summed E-state index contributed by atoms with van der Waals surface area (Å²) in [5, 5.41) is 2.53. The van der Waals surface area contributed by atoms with Crippen molar-refractivity contribution in [3.63, 3.8) is 0 Å². The Hall–Kier alpha value is -2.37. The Balaban J connectivity index is 2.96. The van der Waals surface area contributed by atoms with Gasteiger partial charge >= 0.3 is 12.1 Å². The van der Waals surface area contributed by atoms with Gasteiger partial charge in [-0.05, 0) is 46.6 Å². The molecule has 1 rings (SSSR count). The lowest BCUT2D eigenvalue weighted by Crippen LogP contribution is -2.45. The monoisotopic (exact) mass is 349 g/mol. The molecule has 0 saturated heterocycles. The molecule has 0 heterocycles. The van der Waals surface area contributed by atoms with Crippen LogP contribution in [0.5, 0.6) is 0 Å². The number of rotatable bonds is 7. The van der Waals surface area contributed by atoms with E-state index < -0.39 is 29.6 Å². The Morgan fingerprint density at radius 2 is 1.72 bits per heavy atom. The highest BCUT2D eigenvalue weighted by Gasteiger charge is 2.30. The van der Waals surface area contributed by atoms with E-state index in [0.29, 0.717) is 0 Å². The Bertz CT molecular complexity index is 592. The summed E-state index contributed by atoms with van der Waals surface area (Å²) in [4.78, 5) is 36.3. The van der Waals surface area contributed by atoms with Gasteiger partial charge in [0.25, 0.3) is 0 Å². The highest BCUT2D eigenvalue weighted by atomic mass is 16.6. The Morgan fingerprint density at radius 1 is 1.12 bits per heavy atom. The van der Waals surface area contributed by atoms with Gasteiger partial charge in [-0.3, -0.25) is 4.79 Å². The van der Waals surface area contributed by atoms with Gasteiger partial charge in [-0.25, -0.2) is 9.59 Å². The minimum atomic E-state index is -0.969. The smallest absolute Gasteiger partial charge is 0.408 e. The van der Waals surface area contributed by atoms with Crippen LogP contribution in [-0.2, 0) is 19.1 Å². The largest absolute Gasteiger partial charge is 0.464 e. The van der Waals surface area contributed by atoms with Crippen molar-refractivity contribution in [2.24, 2.45) is 0 Å². The Morgan fingerprint density at radius 3 is 2.20 bits per heavy atom. The first-order valence-corrected chi connectivity index (χ1v) is 8.35. The molecule has 6 heteroatoms. The molecule has 0 fully saturated rings.